The summed E-state index contributed by atoms with van der Waals surface area (Å²) >= 11 is 12.2. The third-order valence-corrected chi connectivity index (χ3v) is 3.64. The molecule has 2 nitrogen and oxygen atoms in total. The molecule has 1 unspecified atom stereocenters. The van der Waals surface area contributed by atoms with Crippen LogP contribution in [0.5, 0.6) is 11.5 Å². The maximum Gasteiger partial charge on any atom is 0.146 e. The van der Waals surface area contributed by atoms with Crippen LogP contribution in [0, 0.1) is 12.8 Å². The van der Waals surface area contributed by atoms with Crippen LogP contribution in [0.3, 0.4) is 0 Å². The number of ether oxygens (including phenoxy) is 1. The maximum absolute atomic E-state index is 10.8. The topological polar surface area (TPSA) is 26.3 Å². The van der Waals surface area contributed by atoms with Gasteiger partial charge in [0.25, 0.3) is 0 Å². The van der Waals surface area contributed by atoms with Crippen LogP contribution in [0.15, 0.2) is 36.4 Å². The van der Waals surface area contributed by atoms with Gasteiger partial charge in [-0.25, -0.2) is 0 Å². The van der Waals surface area contributed by atoms with Gasteiger partial charge in [0.2, 0.25) is 0 Å². The van der Waals surface area contributed by atoms with Crippen molar-refractivity contribution in [2.75, 3.05) is 0 Å². The zero-order chi connectivity index (χ0) is 15.4. The van der Waals surface area contributed by atoms with Crippen molar-refractivity contribution in [3.05, 3.63) is 57.6 Å². The Morgan fingerprint density at radius 1 is 1.14 bits per heavy atom. The lowest BCUT2D eigenvalue weighted by atomic mass is 10.0. The second-order valence-electron chi connectivity index (χ2n) is 5.11. The fraction of sp³-hybridized carbons (Fsp3) is 0.235. The van der Waals surface area contributed by atoms with Crippen LogP contribution in [-0.2, 0) is 11.2 Å². The van der Waals surface area contributed by atoms with Gasteiger partial charge in [0.15, 0.2) is 0 Å². The van der Waals surface area contributed by atoms with Gasteiger partial charge in [0.1, 0.15) is 17.8 Å². The van der Waals surface area contributed by atoms with Gasteiger partial charge in [-0.2, -0.15) is 0 Å². The first-order chi connectivity index (χ1) is 9.99. The molecule has 0 aliphatic carbocycles. The lowest BCUT2D eigenvalue weighted by Crippen LogP contribution is -2.02. The number of rotatable bonds is 5. The molecule has 0 aromatic heterocycles. The summed E-state index contributed by atoms with van der Waals surface area (Å²) < 4.78 is 5.89. The first kappa shape index (κ1) is 15.9. The highest BCUT2D eigenvalue weighted by molar-refractivity contribution is 6.32. The van der Waals surface area contributed by atoms with E-state index in [4.69, 9.17) is 27.9 Å². The van der Waals surface area contributed by atoms with Gasteiger partial charge < -0.3 is 9.53 Å². The number of halogens is 2. The SMILES string of the molecule is Cc1ccc(Oc2cc(Cl)ccc2CC(C)C=O)c(Cl)c1. The number of hydrogen-bond donors (Lipinski definition) is 0. The first-order valence-electron chi connectivity index (χ1n) is 6.67. The Balaban J connectivity index is 2.33. The number of hydrogen-bond acceptors (Lipinski definition) is 2. The highest BCUT2D eigenvalue weighted by Gasteiger charge is 2.11. The molecule has 0 aliphatic heterocycles. The van der Waals surface area contributed by atoms with Crippen molar-refractivity contribution in [3.8, 4) is 11.5 Å². The number of aldehydes is 1. The van der Waals surface area contributed by atoms with Crippen molar-refractivity contribution < 1.29 is 9.53 Å². The maximum atomic E-state index is 10.8. The van der Waals surface area contributed by atoms with E-state index >= 15 is 0 Å². The first-order valence-corrected chi connectivity index (χ1v) is 7.43. The van der Waals surface area contributed by atoms with Crippen LogP contribution in [0.25, 0.3) is 0 Å². The highest BCUT2D eigenvalue weighted by atomic mass is 35.5. The highest BCUT2D eigenvalue weighted by Crippen LogP contribution is 2.34. The smallest absolute Gasteiger partial charge is 0.146 e. The van der Waals surface area contributed by atoms with Gasteiger partial charge >= 0.3 is 0 Å². The quantitative estimate of drug-likeness (QED) is 0.682. The summed E-state index contributed by atoms with van der Waals surface area (Å²) in [7, 11) is 0. The summed E-state index contributed by atoms with van der Waals surface area (Å²) in [4.78, 5) is 10.8. The second-order valence-corrected chi connectivity index (χ2v) is 5.95. The van der Waals surface area contributed by atoms with Crippen molar-refractivity contribution in [1.29, 1.82) is 0 Å². The van der Waals surface area contributed by atoms with Gasteiger partial charge in [-0.3, -0.25) is 0 Å². The Labute approximate surface area is 134 Å². The summed E-state index contributed by atoms with van der Waals surface area (Å²) in [5.41, 5.74) is 1.99. The predicted molar refractivity (Wildman–Crippen MR) is 86.6 cm³/mol. The largest absolute Gasteiger partial charge is 0.455 e. The van der Waals surface area contributed by atoms with E-state index in [1.165, 1.54) is 0 Å². The van der Waals surface area contributed by atoms with Gasteiger partial charge in [0.05, 0.1) is 5.02 Å². The molecule has 0 amide bonds. The summed E-state index contributed by atoms with van der Waals surface area (Å²) in [5.74, 6) is 1.12. The lowest BCUT2D eigenvalue weighted by molar-refractivity contribution is -0.110. The summed E-state index contributed by atoms with van der Waals surface area (Å²) in [6, 6.07) is 11.0. The molecule has 4 heteroatoms. The van der Waals surface area contributed by atoms with Gasteiger partial charge in [-0.05, 0) is 48.7 Å². The monoisotopic (exact) mass is 322 g/mol. The summed E-state index contributed by atoms with van der Waals surface area (Å²) in [6.07, 6.45) is 1.52. The standard InChI is InChI=1S/C17H16Cl2O2/c1-11-3-6-16(15(19)8-11)21-17-9-14(18)5-4-13(17)7-12(2)10-20/h3-6,8-10,12H,7H2,1-2H3. The molecule has 0 aliphatic rings. The Morgan fingerprint density at radius 3 is 2.57 bits per heavy atom. The number of aryl methyl sites for hydroxylation is 1. The molecule has 0 heterocycles. The molecular weight excluding hydrogens is 307 g/mol. The lowest BCUT2D eigenvalue weighted by Gasteiger charge is -2.14. The average molecular weight is 323 g/mol. The van der Waals surface area contributed by atoms with Crippen molar-refractivity contribution in [2.45, 2.75) is 20.3 Å². The minimum atomic E-state index is -0.0815. The van der Waals surface area contributed by atoms with Gasteiger partial charge in [0, 0.05) is 10.9 Å². The number of carbonyl (C=O) groups excluding carboxylic acids is 1. The van der Waals surface area contributed by atoms with Crippen molar-refractivity contribution in [2.24, 2.45) is 5.92 Å². The van der Waals surface area contributed by atoms with Crippen LogP contribution >= 0.6 is 23.2 Å². The minimum absolute atomic E-state index is 0.0815. The molecule has 21 heavy (non-hydrogen) atoms. The van der Waals surface area contributed by atoms with E-state index in [0.29, 0.717) is 28.0 Å². The Morgan fingerprint density at radius 2 is 1.90 bits per heavy atom. The third-order valence-electron chi connectivity index (χ3n) is 3.11. The van der Waals surface area contributed by atoms with Crippen LogP contribution < -0.4 is 4.74 Å². The van der Waals surface area contributed by atoms with E-state index in [9.17, 15) is 4.79 Å². The molecule has 0 N–H and O–H groups in total. The van der Waals surface area contributed by atoms with E-state index in [1.54, 1.807) is 12.1 Å². The van der Waals surface area contributed by atoms with Crippen LogP contribution in [0.1, 0.15) is 18.1 Å². The average Bonchev–Trinajstić information content (AvgIpc) is 2.44. The van der Waals surface area contributed by atoms with Crippen LogP contribution in [0.2, 0.25) is 10.0 Å². The zero-order valence-corrected chi connectivity index (χ0v) is 13.4. The molecule has 0 radical (unpaired) electrons. The minimum Gasteiger partial charge on any atom is -0.455 e. The van der Waals surface area contributed by atoms with Crippen molar-refractivity contribution in [1.82, 2.24) is 0 Å². The summed E-state index contributed by atoms with van der Waals surface area (Å²) in [6.45, 7) is 3.83. The van der Waals surface area contributed by atoms with E-state index in [0.717, 1.165) is 17.4 Å². The fourth-order valence-electron chi connectivity index (χ4n) is 1.99. The molecule has 0 spiro atoms. The van der Waals surface area contributed by atoms with E-state index in [-0.39, 0.29) is 5.92 Å². The number of carbonyl (C=O) groups is 1. The van der Waals surface area contributed by atoms with E-state index in [1.807, 2.05) is 38.1 Å². The number of benzene rings is 2. The Kier molecular flexibility index (Phi) is 5.27. The molecular formula is C17H16Cl2O2. The third kappa shape index (κ3) is 4.23. The molecule has 0 bridgehead atoms. The molecule has 0 saturated heterocycles. The van der Waals surface area contributed by atoms with Crippen LogP contribution in [0.4, 0.5) is 0 Å². The van der Waals surface area contributed by atoms with Gasteiger partial charge in [-0.1, -0.05) is 42.3 Å². The molecule has 2 rings (SSSR count). The Hall–Kier alpha value is -1.51. The van der Waals surface area contributed by atoms with Crippen molar-refractivity contribution >= 4 is 29.5 Å². The summed E-state index contributed by atoms with van der Waals surface area (Å²) in [5, 5.41) is 1.13. The molecule has 2 aromatic rings. The Bertz CT molecular complexity index is 653. The molecule has 1 atom stereocenters. The fourth-order valence-corrected chi connectivity index (χ4v) is 2.43. The normalized spacial score (nSPS) is 12.0. The molecule has 2 aromatic carbocycles. The van der Waals surface area contributed by atoms with Crippen molar-refractivity contribution in [3.63, 3.8) is 0 Å². The molecule has 0 saturated carbocycles. The van der Waals surface area contributed by atoms with E-state index in [2.05, 4.69) is 0 Å². The zero-order valence-electron chi connectivity index (χ0n) is 11.9. The van der Waals surface area contributed by atoms with E-state index < -0.39 is 0 Å². The second kappa shape index (κ2) is 6.97. The predicted octanol–water partition coefficient (Wildman–Crippen LogP) is 5.47. The van der Waals surface area contributed by atoms with Gasteiger partial charge in [-0.15, -0.1) is 0 Å². The molecule has 110 valence electrons. The molecule has 0 fully saturated rings. The van der Waals surface area contributed by atoms with Crippen LogP contribution in [-0.4, -0.2) is 6.29 Å².